The molecule has 0 bridgehead atoms. The molecule has 0 heterocycles. The highest BCUT2D eigenvalue weighted by molar-refractivity contribution is 4.71. The summed E-state index contributed by atoms with van der Waals surface area (Å²) >= 11 is 0. The van der Waals surface area contributed by atoms with Crippen molar-refractivity contribution in [3.05, 3.63) is 0 Å². The maximum atomic E-state index is 6.40. The molecule has 0 fully saturated rings. The van der Waals surface area contributed by atoms with Crippen LogP contribution in [0.3, 0.4) is 0 Å². The number of ether oxygens (including phenoxy) is 2. The molecule has 23 heavy (non-hydrogen) atoms. The lowest BCUT2D eigenvalue weighted by atomic mass is 10.0. The van der Waals surface area contributed by atoms with Crippen LogP contribution >= 0.6 is 0 Å². The molecule has 0 aliphatic heterocycles. The first-order valence-corrected chi connectivity index (χ1v) is 10.1. The van der Waals surface area contributed by atoms with E-state index >= 15 is 0 Å². The van der Waals surface area contributed by atoms with Crippen molar-refractivity contribution in [2.45, 2.75) is 130 Å². The number of unbranched alkanes of at least 4 members (excludes halogenated alkanes) is 4. The highest BCUT2D eigenvalue weighted by Crippen LogP contribution is 2.23. The first-order chi connectivity index (χ1) is 10.8. The van der Waals surface area contributed by atoms with E-state index in [1.807, 2.05) is 0 Å². The van der Waals surface area contributed by atoms with Crippen molar-refractivity contribution >= 4 is 0 Å². The van der Waals surface area contributed by atoms with Crippen molar-refractivity contribution in [1.82, 2.24) is 0 Å². The SMILES string of the molecule is CCCCCCCC(CCCOC(C)(C)CC)OC(C)(C)CC. The zero-order valence-corrected chi connectivity index (χ0v) is 17.2. The molecule has 0 aromatic carbocycles. The van der Waals surface area contributed by atoms with Gasteiger partial charge in [-0.25, -0.2) is 0 Å². The topological polar surface area (TPSA) is 18.5 Å². The maximum Gasteiger partial charge on any atom is 0.0627 e. The Morgan fingerprint density at radius 3 is 1.83 bits per heavy atom. The lowest BCUT2D eigenvalue weighted by Gasteiger charge is -2.31. The van der Waals surface area contributed by atoms with Crippen LogP contribution in [0.25, 0.3) is 0 Å². The predicted octanol–water partition coefficient (Wildman–Crippen LogP) is 6.91. The van der Waals surface area contributed by atoms with Gasteiger partial charge in [0.25, 0.3) is 0 Å². The quantitative estimate of drug-likeness (QED) is 0.304. The third-order valence-corrected chi connectivity index (χ3v) is 4.98. The fourth-order valence-electron chi connectivity index (χ4n) is 2.53. The van der Waals surface area contributed by atoms with Crippen LogP contribution in [0.2, 0.25) is 0 Å². The van der Waals surface area contributed by atoms with Gasteiger partial charge in [-0.1, -0.05) is 52.9 Å². The van der Waals surface area contributed by atoms with Gasteiger partial charge in [-0.3, -0.25) is 0 Å². The van der Waals surface area contributed by atoms with E-state index in [0.29, 0.717) is 6.10 Å². The highest BCUT2D eigenvalue weighted by Gasteiger charge is 2.22. The summed E-state index contributed by atoms with van der Waals surface area (Å²) in [5.41, 5.74) is 0.0107. The molecule has 1 atom stereocenters. The van der Waals surface area contributed by atoms with E-state index in [1.54, 1.807) is 0 Å². The van der Waals surface area contributed by atoms with E-state index in [1.165, 1.54) is 38.5 Å². The Hall–Kier alpha value is -0.0800. The van der Waals surface area contributed by atoms with E-state index in [9.17, 15) is 0 Å². The summed E-state index contributed by atoms with van der Waals surface area (Å²) < 4.78 is 12.4. The molecule has 2 heteroatoms. The van der Waals surface area contributed by atoms with Gasteiger partial charge in [-0.05, 0) is 59.8 Å². The molecule has 0 rings (SSSR count). The largest absolute Gasteiger partial charge is 0.376 e. The summed E-state index contributed by atoms with van der Waals surface area (Å²) in [4.78, 5) is 0. The first kappa shape index (κ1) is 22.9. The summed E-state index contributed by atoms with van der Waals surface area (Å²) in [5.74, 6) is 0. The van der Waals surface area contributed by atoms with E-state index in [0.717, 1.165) is 32.3 Å². The minimum atomic E-state index is -0.00235. The van der Waals surface area contributed by atoms with E-state index < -0.39 is 0 Å². The fraction of sp³-hybridized carbons (Fsp3) is 1.00. The molecule has 0 aliphatic rings. The molecule has 140 valence electrons. The Kier molecular flexibility index (Phi) is 12.3. The molecule has 0 saturated carbocycles. The Labute approximate surface area is 146 Å². The van der Waals surface area contributed by atoms with Gasteiger partial charge in [-0.2, -0.15) is 0 Å². The third-order valence-electron chi connectivity index (χ3n) is 4.98. The Bertz CT molecular complexity index is 271. The molecule has 0 spiro atoms. The second kappa shape index (κ2) is 12.3. The second-order valence-electron chi connectivity index (χ2n) is 8.16. The van der Waals surface area contributed by atoms with Gasteiger partial charge in [0, 0.05) is 6.61 Å². The monoisotopic (exact) mass is 328 g/mol. The average molecular weight is 329 g/mol. The van der Waals surface area contributed by atoms with Gasteiger partial charge < -0.3 is 9.47 Å². The van der Waals surface area contributed by atoms with Crippen LogP contribution in [-0.2, 0) is 9.47 Å². The van der Waals surface area contributed by atoms with Gasteiger partial charge in [0.15, 0.2) is 0 Å². The van der Waals surface area contributed by atoms with Gasteiger partial charge in [0.1, 0.15) is 0 Å². The van der Waals surface area contributed by atoms with Crippen LogP contribution in [0.1, 0.15) is 113 Å². The van der Waals surface area contributed by atoms with E-state index in [-0.39, 0.29) is 11.2 Å². The van der Waals surface area contributed by atoms with Crippen molar-refractivity contribution < 1.29 is 9.47 Å². The molecule has 2 nitrogen and oxygen atoms in total. The molecule has 0 saturated heterocycles. The molecule has 1 unspecified atom stereocenters. The first-order valence-electron chi connectivity index (χ1n) is 10.1. The fourth-order valence-corrected chi connectivity index (χ4v) is 2.53. The molecular weight excluding hydrogens is 284 g/mol. The van der Waals surface area contributed by atoms with Crippen molar-refractivity contribution in [3.8, 4) is 0 Å². The minimum absolute atomic E-state index is 0.00235. The summed E-state index contributed by atoms with van der Waals surface area (Å²) in [6.07, 6.45) is 12.6. The summed E-state index contributed by atoms with van der Waals surface area (Å²) in [5, 5.41) is 0. The molecule has 0 N–H and O–H groups in total. The molecular formula is C21H44O2. The second-order valence-corrected chi connectivity index (χ2v) is 8.16. The highest BCUT2D eigenvalue weighted by atomic mass is 16.5. The summed E-state index contributed by atoms with van der Waals surface area (Å²) in [6, 6.07) is 0. The lowest BCUT2D eigenvalue weighted by Crippen LogP contribution is -2.30. The molecule has 0 aliphatic carbocycles. The zero-order valence-electron chi connectivity index (χ0n) is 17.2. The number of hydrogen-bond donors (Lipinski definition) is 0. The van der Waals surface area contributed by atoms with Crippen LogP contribution in [0.5, 0.6) is 0 Å². The molecule has 0 aromatic rings. The van der Waals surface area contributed by atoms with Crippen molar-refractivity contribution in [3.63, 3.8) is 0 Å². The van der Waals surface area contributed by atoms with Gasteiger partial charge >= 0.3 is 0 Å². The normalized spacial score (nSPS) is 14.2. The molecule has 0 aromatic heterocycles. The minimum Gasteiger partial charge on any atom is -0.376 e. The maximum absolute atomic E-state index is 6.40. The lowest BCUT2D eigenvalue weighted by molar-refractivity contribution is -0.0862. The third kappa shape index (κ3) is 12.9. The van der Waals surface area contributed by atoms with Gasteiger partial charge in [0.05, 0.1) is 17.3 Å². The average Bonchev–Trinajstić information content (AvgIpc) is 2.50. The molecule has 0 radical (unpaired) electrons. The number of hydrogen-bond acceptors (Lipinski definition) is 2. The predicted molar refractivity (Wildman–Crippen MR) is 102 cm³/mol. The standard InChI is InChI=1S/C21H44O2/c1-8-11-12-13-14-16-19(23-21(6,7)10-3)17-15-18-22-20(4,5)9-2/h19H,8-18H2,1-7H3. The molecule has 0 amide bonds. The van der Waals surface area contributed by atoms with Crippen molar-refractivity contribution in [2.24, 2.45) is 0 Å². The van der Waals surface area contributed by atoms with Crippen LogP contribution < -0.4 is 0 Å². The van der Waals surface area contributed by atoms with E-state index in [2.05, 4.69) is 48.5 Å². The number of rotatable bonds is 15. The summed E-state index contributed by atoms with van der Waals surface area (Å²) in [7, 11) is 0. The van der Waals surface area contributed by atoms with Crippen molar-refractivity contribution in [2.75, 3.05) is 6.61 Å². The van der Waals surface area contributed by atoms with E-state index in [4.69, 9.17) is 9.47 Å². The van der Waals surface area contributed by atoms with Crippen molar-refractivity contribution in [1.29, 1.82) is 0 Å². The Morgan fingerprint density at radius 1 is 0.696 bits per heavy atom. The van der Waals surface area contributed by atoms with Crippen LogP contribution in [0, 0.1) is 0 Å². The van der Waals surface area contributed by atoms with Gasteiger partial charge in [-0.15, -0.1) is 0 Å². The Morgan fingerprint density at radius 2 is 1.26 bits per heavy atom. The van der Waals surface area contributed by atoms with Crippen LogP contribution in [0.15, 0.2) is 0 Å². The van der Waals surface area contributed by atoms with Gasteiger partial charge in [0.2, 0.25) is 0 Å². The summed E-state index contributed by atoms with van der Waals surface area (Å²) in [6.45, 7) is 16.3. The van der Waals surface area contributed by atoms with Crippen LogP contribution in [-0.4, -0.2) is 23.9 Å². The Balaban J connectivity index is 4.16. The van der Waals surface area contributed by atoms with Crippen LogP contribution in [0.4, 0.5) is 0 Å². The smallest absolute Gasteiger partial charge is 0.0627 e. The zero-order chi connectivity index (χ0) is 17.8.